The summed E-state index contributed by atoms with van der Waals surface area (Å²) in [7, 11) is 0. The van der Waals surface area contributed by atoms with Crippen LogP contribution < -0.4 is 5.32 Å². The lowest BCUT2D eigenvalue weighted by molar-refractivity contribution is 0.0617. The molecule has 0 saturated heterocycles. The molecule has 4 rings (SSSR count). The highest BCUT2D eigenvalue weighted by Crippen LogP contribution is 2.25. The molecule has 31 heavy (non-hydrogen) atoms. The number of fused-ring (bicyclic) bond motifs is 1. The first-order valence-corrected chi connectivity index (χ1v) is 10.7. The average molecular weight is 419 g/mol. The molecule has 2 heterocycles. The van der Waals surface area contributed by atoms with Crippen LogP contribution in [0.25, 0.3) is 21.6 Å². The third kappa shape index (κ3) is 4.84. The topological polar surface area (TPSA) is 123 Å². The lowest BCUT2D eigenvalue weighted by Gasteiger charge is -2.37. The molecule has 1 aromatic carbocycles. The van der Waals surface area contributed by atoms with Crippen molar-refractivity contribution in [1.29, 1.82) is 0 Å². The molecule has 1 amide bonds. The molecule has 3 aromatic rings. The molecule has 0 aliphatic heterocycles. The van der Waals surface area contributed by atoms with Crippen LogP contribution in [0.3, 0.4) is 0 Å². The van der Waals surface area contributed by atoms with Crippen LogP contribution in [0.15, 0.2) is 47.7 Å². The Morgan fingerprint density at radius 2 is 2.26 bits per heavy atom. The normalized spacial score (nSPS) is 18.5. The van der Waals surface area contributed by atoms with Gasteiger partial charge in [-0.15, -0.1) is 0 Å². The maximum atomic E-state index is 13.2. The summed E-state index contributed by atoms with van der Waals surface area (Å²) < 4.78 is 0. The number of hydrogen-bond donors (Lipinski definition) is 2. The number of pyridine rings is 1. The molecule has 2 N–H and O–H groups in total. The lowest BCUT2D eigenvalue weighted by Crippen LogP contribution is -2.47. The van der Waals surface area contributed by atoms with Gasteiger partial charge in [-0.2, -0.15) is 0 Å². The second-order valence-corrected chi connectivity index (χ2v) is 7.81. The van der Waals surface area contributed by atoms with E-state index in [0.29, 0.717) is 36.3 Å². The molecule has 2 atom stereocenters. The van der Waals surface area contributed by atoms with E-state index >= 15 is 0 Å². The van der Waals surface area contributed by atoms with Gasteiger partial charge in [0, 0.05) is 42.0 Å². The Bertz CT molecular complexity index is 1070. The van der Waals surface area contributed by atoms with Crippen LogP contribution in [0.5, 0.6) is 0 Å². The van der Waals surface area contributed by atoms with E-state index in [1.54, 1.807) is 12.3 Å². The molecule has 0 unspecified atom stereocenters. The standard InChI is InChI=1S/C22H26N8O/c1-2-30(22(31)21-26-19-10-5-11-24-20(19)27-21)18-9-4-7-16(13-18)25-14-15-6-3-8-17(12-15)28-29-23/h3,5-6,8,10-12,16,18,25H,2,4,7,9,13-14H2,1H3,(H,24,26,27)/t16-,18+/m1/s1. The summed E-state index contributed by atoms with van der Waals surface area (Å²) in [4.78, 5) is 29.7. The predicted octanol–water partition coefficient (Wildman–Crippen LogP) is 4.46. The molecule has 1 fully saturated rings. The van der Waals surface area contributed by atoms with Crippen LogP contribution in [0.1, 0.15) is 48.8 Å². The monoisotopic (exact) mass is 418 g/mol. The Morgan fingerprint density at radius 3 is 3.06 bits per heavy atom. The number of H-pyrrole nitrogens is 1. The van der Waals surface area contributed by atoms with Crippen molar-refractivity contribution in [3.8, 4) is 0 Å². The maximum Gasteiger partial charge on any atom is 0.289 e. The summed E-state index contributed by atoms with van der Waals surface area (Å²) >= 11 is 0. The van der Waals surface area contributed by atoms with Crippen LogP contribution >= 0.6 is 0 Å². The number of hydrogen-bond acceptors (Lipinski definition) is 5. The molecule has 160 valence electrons. The smallest absolute Gasteiger partial charge is 0.289 e. The van der Waals surface area contributed by atoms with Gasteiger partial charge in [-0.05, 0) is 61.9 Å². The highest BCUT2D eigenvalue weighted by Gasteiger charge is 2.30. The van der Waals surface area contributed by atoms with E-state index in [2.05, 4.69) is 30.3 Å². The number of aromatic nitrogens is 3. The fraction of sp³-hybridized carbons (Fsp3) is 0.409. The van der Waals surface area contributed by atoms with E-state index in [1.807, 2.05) is 42.2 Å². The van der Waals surface area contributed by atoms with Crippen molar-refractivity contribution in [2.75, 3.05) is 6.54 Å². The number of nitrogens with one attached hydrogen (secondary N) is 2. The summed E-state index contributed by atoms with van der Waals surface area (Å²) in [5.74, 6) is 0.272. The number of rotatable bonds is 7. The highest BCUT2D eigenvalue weighted by atomic mass is 16.2. The summed E-state index contributed by atoms with van der Waals surface area (Å²) in [5.41, 5.74) is 11.6. The third-order valence-corrected chi connectivity index (χ3v) is 5.81. The molecule has 1 aliphatic carbocycles. The number of aromatic amines is 1. The van der Waals surface area contributed by atoms with E-state index in [1.165, 1.54) is 0 Å². The van der Waals surface area contributed by atoms with Gasteiger partial charge in [-0.1, -0.05) is 23.3 Å². The van der Waals surface area contributed by atoms with E-state index < -0.39 is 0 Å². The Labute approximate surface area is 180 Å². The molecular weight excluding hydrogens is 392 g/mol. The summed E-state index contributed by atoms with van der Waals surface area (Å²) in [5, 5.41) is 7.28. The van der Waals surface area contributed by atoms with Crippen LogP contribution in [0, 0.1) is 0 Å². The zero-order valence-electron chi connectivity index (χ0n) is 17.5. The molecule has 0 spiro atoms. The average Bonchev–Trinajstić information content (AvgIpc) is 3.23. The summed E-state index contributed by atoms with van der Waals surface area (Å²) in [6.07, 6.45) is 5.70. The van der Waals surface area contributed by atoms with Crippen molar-refractivity contribution < 1.29 is 4.79 Å². The SMILES string of the molecule is CCN(C(=O)c1nc2ncccc2[nH]1)[C@H]1CCC[C@@H](NCc2cccc(N=[N+]=[N-])c2)C1. The van der Waals surface area contributed by atoms with Gasteiger partial charge in [0.15, 0.2) is 11.5 Å². The molecule has 0 bridgehead atoms. The van der Waals surface area contributed by atoms with Crippen molar-refractivity contribution in [3.63, 3.8) is 0 Å². The van der Waals surface area contributed by atoms with Gasteiger partial charge in [0.2, 0.25) is 0 Å². The van der Waals surface area contributed by atoms with E-state index in [4.69, 9.17) is 5.53 Å². The van der Waals surface area contributed by atoms with Gasteiger partial charge in [0.25, 0.3) is 5.91 Å². The second kappa shape index (κ2) is 9.59. The minimum Gasteiger partial charge on any atom is -0.333 e. The first kappa shape index (κ1) is 20.8. The summed E-state index contributed by atoms with van der Waals surface area (Å²) in [6.45, 7) is 3.34. The van der Waals surface area contributed by atoms with E-state index in [0.717, 1.165) is 36.8 Å². The first-order chi connectivity index (χ1) is 15.2. The van der Waals surface area contributed by atoms with E-state index in [-0.39, 0.29) is 11.9 Å². The Hall–Kier alpha value is -3.42. The van der Waals surface area contributed by atoms with Gasteiger partial charge >= 0.3 is 0 Å². The van der Waals surface area contributed by atoms with Gasteiger partial charge in [0.1, 0.15) is 0 Å². The van der Waals surface area contributed by atoms with Crippen molar-refractivity contribution in [2.45, 2.75) is 51.2 Å². The quantitative estimate of drug-likeness (QED) is 0.334. The van der Waals surface area contributed by atoms with Crippen molar-refractivity contribution in [2.24, 2.45) is 5.11 Å². The third-order valence-electron chi connectivity index (χ3n) is 5.81. The molecule has 9 nitrogen and oxygen atoms in total. The van der Waals surface area contributed by atoms with E-state index in [9.17, 15) is 4.79 Å². The maximum absolute atomic E-state index is 13.2. The number of azide groups is 1. The van der Waals surface area contributed by atoms with Crippen LogP contribution in [-0.4, -0.2) is 44.4 Å². The van der Waals surface area contributed by atoms with Crippen LogP contribution in [-0.2, 0) is 6.54 Å². The number of benzene rings is 1. The molecule has 9 heteroatoms. The molecule has 0 radical (unpaired) electrons. The minimum atomic E-state index is -0.0757. The fourth-order valence-electron chi connectivity index (χ4n) is 4.32. The predicted molar refractivity (Wildman–Crippen MR) is 119 cm³/mol. The van der Waals surface area contributed by atoms with Gasteiger partial charge in [0.05, 0.1) is 5.52 Å². The van der Waals surface area contributed by atoms with Gasteiger partial charge in [-0.3, -0.25) is 4.79 Å². The Kier molecular flexibility index (Phi) is 6.45. The number of carbonyl (C=O) groups excluding carboxylic acids is 1. The Morgan fingerprint density at radius 1 is 1.35 bits per heavy atom. The second-order valence-electron chi connectivity index (χ2n) is 7.81. The lowest BCUT2D eigenvalue weighted by atomic mass is 9.89. The van der Waals surface area contributed by atoms with Crippen molar-refractivity contribution in [1.82, 2.24) is 25.2 Å². The van der Waals surface area contributed by atoms with Crippen molar-refractivity contribution >= 4 is 22.8 Å². The molecular formula is C22H26N8O. The number of carbonyl (C=O) groups is 1. The number of nitrogens with zero attached hydrogens (tertiary/aromatic N) is 6. The zero-order chi connectivity index (χ0) is 21.6. The number of imidazole rings is 1. The largest absolute Gasteiger partial charge is 0.333 e. The van der Waals surface area contributed by atoms with Crippen LogP contribution in [0.4, 0.5) is 5.69 Å². The van der Waals surface area contributed by atoms with Crippen LogP contribution in [0.2, 0.25) is 0 Å². The zero-order valence-corrected chi connectivity index (χ0v) is 17.5. The van der Waals surface area contributed by atoms with Gasteiger partial charge in [-0.25, -0.2) is 9.97 Å². The van der Waals surface area contributed by atoms with Crippen molar-refractivity contribution in [3.05, 3.63) is 64.4 Å². The minimum absolute atomic E-state index is 0.0757. The van der Waals surface area contributed by atoms with Gasteiger partial charge < -0.3 is 15.2 Å². The summed E-state index contributed by atoms with van der Waals surface area (Å²) in [6, 6.07) is 11.8. The number of amides is 1. The molecule has 1 saturated carbocycles. The fourth-order valence-corrected chi connectivity index (χ4v) is 4.32. The molecule has 1 aliphatic rings. The molecule has 2 aromatic heterocycles. The first-order valence-electron chi connectivity index (χ1n) is 10.7. The highest BCUT2D eigenvalue weighted by molar-refractivity contribution is 5.93. The Balaban J connectivity index is 1.40.